The molecule has 1 heterocycles. The van der Waals surface area contributed by atoms with Crippen molar-refractivity contribution in [3.05, 3.63) is 65.9 Å². The van der Waals surface area contributed by atoms with Crippen LogP contribution in [0.5, 0.6) is 0 Å². The van der Waals surface area contributed by atoms with E-state index in [0.717, 1.165) is 27.7 Å². The average molecular weight is 355 g/mol. The first-order valence-electron chi connectivity index (χ1n) is 7.99. The summed E-state index contributed by atoms with van der Waals surface area (Å²) < 4.78 is 26.3. The van der Waals surface area contributed by atoms with E-state index in [9.17, 15) is 8.42 Å². The molecule has 3 rings (SSSR count). The Morgan fingerprint density at radius 1 is 1.08 bits per heavy atom. The lowest BCUT2D eigenvalue weighted by Gasteiger charge is -2.16. The largest absolute Gasteiger partial charge is 0.380 e. The standard InChI is InChI=1S/C19H21N3O2S/c1-14-8-9-17-16(12-14)18(10-11-20-17)21-13-15-6-4-5-7-19(15)25(23,24)22(2)3/h4-12H,13H2,1-3H3,(H,20,21). The van der Waals surface area contributed by atoms with Gasteiger partial charge in [-0.05, 0) is 36.8 Å². The Morgan fingerprint density at radius 2 is 1.84 bits per heavy atom. The van der Waals surface area contributed by atoms with Crippen LogP contribution in [0.2, 0.25) is 0 Å². The van der Waals surface area contributed by atoms with Crippen LogP contribution >= 0.6 is 0 Å². The molecule has 0 aliphatic rings. The molecular weight excluding hydrogens is 334 g/mol. The van der Waals surface area contributed by atoms with Crippen LogP contribution in [-0.2, 0) is 16.6 Å². The van der Waals surface area contributed by atoms with E-state index in [1.165, 1.54) is 4.31 Å². The molecule has 0 atom stereocenters. The summed E-state index contributed by atoms with van der Waals surface area (Å²) in [5, 5.41) is 4.38. The van der Waals surface area contributed by atoms with Crippen molar-refractivity contribution in [2.75, 3.05) is 19.4 Å². The minimum Gasteiger partial charge on any atom is -0.380 e. The number of pyridine rings is 1. The molecule has 5 nitrogen and oxygen atoms in total. The average Bonchev–Trinajstić information content (AvgIpc) is 2.60. The summed E-state index contributed by atoms with van der Waals surface area (Å²) >= 11 is 0. The predicted octanol–water partition coefficient (Wildman–Crippen LogP) is 3.41. The molecule has 0 saturated heterocycles. The predicted molar refractivity (Wildman–Crippen MR) is 101 cm³/mol. The Bertz CT molecular complexity index is 1010. The highest BCUT2D eigenvalue weighted by atomic mass is 32.2. The van der Waals surface area contributed by atoms with Crippen molar-refractivity contribution in [1.29, 1.82) is 0 Å². The highest BCUT2D eigenvalue weighted by Crippen LogP contribution is 2.25. The summed E-state index contributed by atoms with van der Waals surface area (Å²) in [6.07, 6.45) is 1.75. The third kappa shape index (κ3) is 3.50. The van der Waals surface area contributed by atoms with Crippen molar-refractivity contribution >= 4 is 26.6 Å². The number of aromatic nitrogens is 1. The molecule has 1 aromatic heterocycles. The normalized spacial score (nSPS) is 11.8. The zero-order valence-electron chi connectivity index (χ0n) is 14.5. The molecular formula is C19H21N3O2S. The van der Waals surface area contributed by atoms with Gasteiger partial charge in [0, 0.05) is 37.9 Å². The van der Waals surface area contributed by atoms with E-state index in [-0.39, 0.29) is 0 Å². The number of rotatable bonds is 5. The van der Waals surface area contributed by atoms with E-state index in [0.29, 0.717) is 11.4 Å². The minimum absolute atomic E-state index is 0.321. The van der Waals surface area contributed by atoms with Gasteiger partial charge >= 0.3 is 0 Å². The van der Waals surface area contributed by atoms with E-state index in [1.807, 2.05) is 37.3 Å². The quantitative estimate of drug-likeness (QED) is 0.762. The molecule has 2 aromatic carbocycles. The lowest BCUT2D eigenvalue weighted by Crippen LogP contribution is -2.23. The second kappa shape index (κ2) is 6.82. The lowest BCUT2D eigenvalue weighted by atomic mass is 10.1. The third-order valence-corrected chi connectivity index (χ3v) is 6.01. The van der Waals surface area contributed by atoms with Crippen LogP contribution in [0, 0.1) is 6.92 Å². The van der Waals surface area contributed by atoms with Gasteiger partial charge in [0.1, 0.15) is 0 Å². The first-order valence-corrected chi connectivity index (χ1v) is 9.43. The highest BCUT2D eigenvalue weighted by Gasteiger charge is 2.20. The number of nitrogens with one attached hydrogen (secondary N) is 1. The molecule has 1 N–H and O–H groups in total. The summed E-state index contributed by atoms with van der Waals surface area (Å²) in [5.41, 5.74) is 3.73. The zero-order chi connectivity index (χ0) is 18.0. The number of anilines is 1. The van der Waals surface area contributed by atoms with Gasteiger partial charge < -0.3 is 5.32 Å². The van der Waals surface area contributed by atoms with Crippen LogP contribution in [0.25, 0.3) is 10.9 Å². The SMILES string of the molecule is Cc1ccc2nccc(NCc3ccccc3S(=O)(=O)N(C)C)c2c1. The van der Waals surface area contributed by atoms with E-state index < -0.39 is 10.0 Å². The number of hydrogen-bond acceptors (Lipinski definition) is 4. The van der Waals surface area contributed by atoms with Crippen molar-refractivity contribution in [2.24, 2.45) is 0 Å². The summed E-state index contributed by atoms with van der Waals surface area (Å²) in [6, 6.07) is 15.1. The maximum absolute atomic E-state index is 12.5. The van der Waals surface area contributed by atoms with Crippen molar-refractivity contribution in [2.45, 2.75) is 18.4 Å². The Morgan fingerprint density at radius 3 is 2.60 bits per heavy atom. The number of benzene rings is 2. The van der Waals surface area contributed by atoms with E-state index in [4.69, 9.17) is 0 Å². The van der Waals surface area contributed by atoms with E-state index >= 15 is 0 Å². The lowest BCUT2D eigenvalue weighted by molar-refractivity contribution is 0.520. The molecule has 0 unspecified atom stereocenters. The molecule has 0 aliphatic carbocycles. The van der Waals surface area contributed by atoms with Gasteiger partial charge in [0.05, 0.1) is 10.4 Å². The van der Waals surface area contributed by atoms with Gasteiger partial charge in [0.25, 0.3) is 0 Å². The summed E-state index contributed by atoms with van der Waals surface area (Å²) in [5.74, 6) is 0. The maximum Gasteiger partial charge on any atom is 0.242 e. The fourth-order valence-corrected chi connectivity index (χ4v) is 3.82. The molecule has 0 fully saturated rings. The highest BCUT2D eigenvalue weighted by molar-refractivity contribution is 7.89. The molecule has 0 saturated carbocycles. The van der Waals surface area contributed by atoms with Crippen LogP contribution < -0.4 is 5.32 Å². The first kappa shape index (κ1) is 17.4. The van der Waals surface area contributed by atoms with Gasteiger partial charge in [-0.25, -0.2) is 12.7 Å². The number of sulfonamides is 1. The minimum atomic E-state index is -3.48. The maximum atomic E-state index is 12.5. The van der Waals surface area contributed by atoms with E-state index in [1.54, 1.807) is 32.4 Å². The number of fused-ring (bicyclic) bond motifs is 1. The molecule has 0 radical (unpaired) electrons. The van der Waals surface area contributed by atoms with E-state index in [2.05, 4.69) is 16.4 Å². The molecule has 0 spiro atoms. The zero-order valence-corrected chi connectivity index (χ0v) is 15.3. The van der Waals surface area contributed by atoms with Gasteiger partial charge in [-0.15, -0.1) is 0 Å². The van der Waals surface area contributed by atoms with Crippen molar-refractivity contribution in [1.82, 2.24) is 9.29 Å². The molecule has 130 valence electrons. The van der Waals surface area contributed by atoms with Gasteiger partial charge in [-0.2, -0.15) is 0 Å². The Balaban J connectivity index is 1.95. The fraction of sp³-hybridized carbons (Fsp3) is 0.211. The Kier molecular flexibility index (Phi) is 4.74. The van der Waals surface area contributed by atoms with Gasteiger partial charge in [0.15, 0.2) is 0 Å². The van der Waals surface area contributed by atoms with Crippen LogP contribution in [0.15, 0.2) is 59.6 Å². The van der Waals surface area contributed by atoms with Crippen molar-refractivity contribution < 1.29 is 8.42 Å². The molecule has 3 aromatic rings. The van der Waals surface area contributed by atoms with Crippen molar-refractivity contribution in [3.63, 3.8) is 0 Å². The molecule has 6 heteroatoms. The molecule has 0 aliphatic heterocycles. The second-order valence-corrected chi connectivity index (χ2v) is 8.25. The van der Waals surface area contributed by atoms with Crippen LogP contribution in [0.3, 0.4) is 0 Å². The second-order valence-electron chi connectivity index (χ2n) is 6.13. The monoisotopic (exact) mass is 355 g/mol. The van der Waals surface area contributed by atoms with Crippen molar-refractivity contribution in [3.8, 4) is 0 Å². The molecule has 0 bridgehead atoms. The first-order chi connectivity index (χ1) is 11.9. The van der Waals surface area contributed by atoms with Crippen LogP contribution in [-0.4, -0.2) is 31.8 Å². The summed E-state index contributed by atoms with van der Waals surface area (Å²) in [7, 11) is -0.399. The fourth-order valence-electron chi connectivity index (χ4n) is 2.70. The third-order valence-electron chi connectivity index (χ3n) is 4.10. The smallest absolute Gasteiger partial charge is 0.242 e. The molecule has 25 heavy (non-hydrogen) atoms. The Labute approximate surface area is 148 Å². The van der Waals surface area contributed by atoms with Crippen LogP contribution in [0.1, 0.15) is 11.1 Å². The topological polar surface area (TPSA) is 62.3 Å². The number of aryl methyl sites for hydroxylation is 1. The van der Waals surface area contributed by atoms with Gasteiger partial charge in [-0.1, -0.05) is 29.8 Å². The van der Waals surface area contributed by atoms with Gasteiger partial charge in [0.2, 0.25) is 10.0 Å². The Hall–Kier alpha value is -2.44. The summed E-state index contributed by atoms with van der Waals surface area (Å²) in [6.45, 7) is 2.45. The molecule has 0 amide bonds. The van der Waals surface area contributed by atoms with Gasteiger partial charge in [-0.3, -0.25) is 4.98 Å². The van der Waals surface area contributed by atoms with Crippen LogP contribution in [0.4, 0.5) is 5.69 Å². The number of hydrogen-bond donors (Lipinski definition) is 1. The number of nitrogens with zero attached hydrogens (tertiary/aromatic N) is 2. The summed E-state index contributed by atoms with van der Waals surface area (Å²) in [4.78, 5) is 4.70.